The van der Waals surface area contributed by atoms with Crippen molar-refractivity contribution in [3.8, 4) is 0 Å². The quantitative estimate of drug-likeness (QED) is 0.574. The number of carbonyl (C=O) groups is 1. The number of nitrogens with zero attached hydrogens (tertiary/aromatic N) is 1. The number of carbonyl (C=O) groups excluding carboxylic acids is 1. The van der Waals surface area contributed by atoms with Gasteiger partial charge in [-0.2, -0.15) is 0 Å². The SMILES string of the molecule is CC(C)(F)C1SCN(CCCCBr)C1=O. The van der Waals surface area contributed by atoms with Crippen molar-refractivity contribution in [3.63, 3.8) is 0 Å². The molecular weight excluding hydrogens is 281 g/mol. The number of halogens is 2. The Morgan fingerprint density at radius 3 is 2.73 bits per heavy atom. The summed E-state index contributed by atoms with van der Waals surface area (Å²) in [4.78, 5) is 13.6. The van der Waals surface area contributed by atoms with Crippen LogP contribution in [0.1, 0.15) is 26.7 Å². The van der Waals surface area contributed by atoms with Crippen LogP contribution >= 0.6 is 27.7 Å². The molecule has 0 bridgehead atoms. The van der Waals surface area contributed by atoms with E-state index in [1.54, 1.807) is 4.90 Å². The van der Waals surface area contributed by atoms with E-state index in [1.807, 2.05) is 0 Å². The Balaban J connectivity index is 2.42. The predicted octanol–water partition coefficient (Wildman–Crippen LogP) is 2.81. The summed E-state index contributed by atoms with van der Waals surface area (Å²) < 4.78 is 13.6. The molecule has 0 aliphatic carbocycles. The molecule has 1 saturated heterocycles. The molecular formula is C10H17BrFNOS. The first-order valence-electron chi connectivity index (χ1n) is 5.12. The van der Waals surface area contributed by atoms with Crippen molar-refractivity contribution in [1.29, 1.82) is 0 Å². The minimum Gasteiger partial charge on any atom is -0.332 e. The summed E-state index contributed by atoms with van der Waals surface area (Å²) in [6.07, 6.45) is 2.04. The molecule has 0 N–H and O–H groups in total. The molecule has 1 fully saturated rings. The topological polar surface area (TPSA) is 20.3 Å². The van der Waals surface area contributed by atoms with Crippen molar-refractivity contribution < 1.29 is 9.18 Å². The van der Waals surface area contributed by atoms with Crippen LogP contribution in [0, 0.1) is 0 Å². The van der Waals surface area contributed by atoms with Crippen LogP contribution in [-0.2, 0) is 4.79 Å². The van der Waals surface area contributed by atoms with Crippen molar-refractivity contribution in [2.75, 3.05) is 17.8 Å². The Morgan fingerprint density at radius 1 is 1.60 bits per heavy atom. The Hall–Kier alpha value is 0.230. The lowest BCUT2D eigenvalue weighted by atomic mass is 10.1. The van der Waals surface area contributed by atoms with Gasteiger partial charge in [-0.05, 0) is 26.7 Å². The van der Waals surface area contributed by atoms with Gasteiger partial charge in [-0.3, -0.25) is 4.79 Å². The van der Waals surface area contributed by atoms with Crippen LogP contribution < -0.4 is 0 Å². The van der Waals surface area contributed by atoms with E-state index in [0.29, 0.717) is 5.88 Å². The molecule has 1 unspecified atom stereocenters. The van der Waals surface area contributed by atoms with Gasteiger partial charge < -0.3 is 4.90 Å². The van der Waals surface area contributed by atoms with Gasteiger partial charge in [0.05, 0.1) is 5.88 Å². The molecule has 1 rings (SSSR count). The normalized spacial score (nSPS) is 22.5. The second-order valence-corrected chi connectivity index (χ2v) is 6.09. The lowest BCUT2D eigenvalue weighted by Gasteiger charge is -2.21. The van der Waals surface area contributed by atoms with Gasteiger partial charge in [0.15, 0.2) is 0 Å². The highest BCUT2D eigenvalue weighted by Gasteiger charge is 2.42. The van der Waals surface area contributed by atoms with Crippen LogP contribution in [0.5, 0.6) is 0 Å². The summed E-state index contributed by atoms with van der Waals surface area (Å²) in [7, 11) is 0. The summed E-state index contributed by atoms with van der Waals surface area (Å²) in [5.74, 6) is 0.598. The lowest BCUT2D eigenvalue weighted by molar-refractivity contribution is -0.130. The molecule has 0 aromatic rings. The number of hydrogen-bond acceptors (Lipinski definition) is 2. The molecule has 0 aromatic carbocycles. The van der Waals surface area contributed by atoms with Crippen molar-refractivity contribution in [2.45, 2.75) is 37.6 Å². The zero-order valence-corrected chi connectivity index (χ0v) is 11.5. The summed E-state index contributed by atoms with van der Waals surface area (Å²) in [5.41, 5.74) is -1.41. The first kappa shape index (κ1) is 13.3. The van der Waals surface area contributed by atoms with Crippen molar-refractivity contribution >= 4 is 33.6 Å². The van der Waals surface area contributed by atoms with E-state index in [2.05, 4.69) is 15.9 Å². The van der Waals surface area contributed by atoms with E-state index in [1.165, 1.54) is 25.6 Å². The summed E-state index contributed by atoms with van der Waals surface area (Å²) in [5, 5.41) is 0.446. The van der Waals surface area contributed by atoms with Gasteiger partial charge in [0.1, 0.15) is 10.9 Å². The summed E-state index contributed by atoms with van der Waals surface area (Å²) in [6.45, 7) is 3.71. The van der Waals surface area contributed by atoms with Crippen LogP contribution in [0.3, 0.4) is 0 Å². The third-order valence-electron chi connectivity index (χ3n) is 2.37. The van der Waals surface area contributed by atoms with E-state index in [4.69, 9.17) is 0 Å². The molecule has 1 atom stereocenters. The zero-order valence-electron chi connectivity index (χ0n) is 9.13. The van der Waals surface area contributed by atoms with Gasteiger partial charge in [0.2, 0.25) is 5.91 Å². The van der Waals surface area contributed by atoms with Crippen molar-refractivity contribution in [2.24, 2.45) is 0 Å². The van der Waals surface area contributed by atoms with E-state index in [9.17, 15) is 9.18 Å². The number of thioether (sulfide) groups is 1. The van der Waals surface area contributed by atoms with E-state index < -0.39 is 10.9 Å². The van der Waals surface area contributed by atoms with Gasteiger partial charge in [0.25, 0.3) is 0 Å². The largest absolute Gasteiger partial charge is 0.332 e. The fourth-order valence-corrected chi connectivity index (χ4v) is 3.20. The number of rotatable bonds is 5. The average molecular weight is 298 g/mol. The van der Waals surface area contributed by atoms with E-state index in [0.717, 1.165) is 24.7 Å². The highest BCUT2D eigenvalue weighted by Crippen LogP contribution is 2.34. The van der Waals surface area contributed by atoms with Gasteiger partial charge in [-0.1, -0.05) is 15.9 Å². The second kappa shape index (κ2) is 5.53. The van der Waals surface area contributed by atoms with Crippen molar-refractivity contribution in [3.05, 3.63) is 0 Å². The Kier molecular flexibility index (Phi) is 4.90. The molecule has 1 amide bonds. The summed E-state index contributed by atoms with van der Waals surface area (Å²) in [6, 6.07) is 0. The molecule has 15 heavy (non-hydrogen) atoms. The third-order valence-corrected chi connectivity index (χ3v) is 4.49. The minimum atomic E-state index is -1.41. The maximum atomic E-state index is 13.6. The van der Waals surface area contributed by atoms with Gasteiger partial charge in [-0.15, -0.1) is 11.8 Å². The van der Waals surface area contributed by atoms with Gasteiger partial charge in [0, 0.05) is 11.9 Å². The number of unbranched alkanes of at least 4 members (excludes halogenated alkanes) is 1. The molecule has 88 valence electrons. The summed E-state index contributed by atoms with van der Waals surface area (Å²) >= 11 is 4.76. The molecule has 5 heteroatoms. The van der Waals surface area contributed by atoms with Crippen LogP contribution in [0.4, 0.5) is 4.39 Å². The molecule has 0 radical (unpaired) electrons. The minimum absolute atomic E-state index is 0.0397. The third kappa shape index (κ3) is 3.63. The monoisotopic (exact) mass is 297 g/mol. The Morgan fingerprint density at radius 2 is 2.27 bits per heavy atom. The second-order valence-electron chi connectivity index (χ2n) is 4.24. The molecule has 1 aliphatic rings. The molecule has 2 nitrogen and oxygen atoms in total. The lowest BCUT2D eigenvalue weighted by Crippen LogP contribution is -2.39. The van der Waals surface area contributed by atoms with E-state index >= 15 is 0 Å². The van der Waals surface area contributed by atoms with Gasteiger partial charge >= 0.3 is 0 Å². The van der Waals surface area contributed by atoms with Crippen LogP contribution in [-0.4, -0.2) is 39.5 Å². The number of amides is 1. The first-order chi connectivity index (χ1) is 6.96. The fourth-order valence-electron chi connectivity index (χ4n) is 1.53. The van der Waals surface area contributed by atoms with Crippen LogP contribution in [0.25, 0.3) is 0 Å². The molecule has 0 aromatic heterocycles. The smallest absolute Gasteiger partial charge is 0.239 e. The highest BCUT2D eigenvalue weighted by molar-refractivity contribution is 9.09. The molecule has 1 aliphatic heterocycles. The van der Waals surface area contributed by atoms with Gasteiger partial charge in [-0.25, -0.2) is 4.39 Å². The Bertz CT molecular complexity index is 232. The van der Waals surface area contributed by atoms with Crippen LogP contribution in [0.15, 0.2) is 0 Å². The first-order valence-corrected chi connectivity index (χ1v) is 7.29. The maximum absolute atomic E-state index is 13.6. The fraction of sp³-hybridized carbons (Fsp3) is 0.900. The van der Waals surface area contributed by atoms with Crippen molar-refractivity contribution in [1.82, 2.24) is 4.90 Å². The number of alkyl halides is 2. The highest BCUT2D eigenvalue weighted by atomic mass is 79.9. The average Bonchev–Trinajstić information content (AvgIpc) is 2.47. The molecule has 0 saturated carbocycles. The zero-order chi connectivity index (χ0) is 11.5. The molecule has 1 heterocycles. The number of hydrogen-bond donors (Lipinski definition) is 0. The maximum Gasteiger partial charge on any atom is 0.239 e. The predicted molar refractivity (Wildman–Crippen MR) is 66.2 cm³/mol. The van der Waals surface area contributed by atoms with Crippen LogP contribution in [0.2, 0.25) is 0 Å². The standard InChI is InChI=1S/C10H17BrFNOS/c1-10(2,12)8-9(14)13(7-15-8)6-4-3-5-11/h8H,3-7H2,1-2H3. The van der Waals surface area contributed by atoms with E-state index in [-0.39, 0.29) is 5.91 Å². The molecule has 0 spiro atoms. The Labute approximate surface area is 103 Å².